The number of benzene rings is 2. The second kappa shape index (κ2) is 8.66. The molecule has 1 aliphatic rings. The summed E-state index contributed by atoms with van der Waals surface area (Å²) in [5, 5.41) is 11.0. The van der Waals surface area contributed by atoms with Crippen molar-refractivity contribution in [2.45, 2.75) is 25.7 Å². The minimum atomic E-state index is -4.44. The Morgan fingerprint density at radius 3 is 2.58 bits per heavy atom. The van der Waals surface area contributed by atoms with E-state index in [1.54, 1.807) is 6.07 Å². The van der Waals surface area contributed by atoms with Gasteiger partial charge in [-0.2, -0.15) is 13.2 Å². The fraction of sp³-hybridized carbons (Fsp3) is 0.273. The molecule has 1 N–H and O–H groups in total. The average Bonchev–Trinajstić information content (AvgIpc) is 2.79. The number of aromatic amines is 1. The summed E-state index contributed by atoms with van der Waals surface area (Å²) < 4.78 is 43.7. The van der Waals surface area contributed by atoms with Crippen LogP contribution in [0, 0.1) is 10.1 Å². The summed E-state index contributed by atoms with van der Waals surface area (Å²) in [6.07, 6.45) is -3.97. The summed E-state index contributed by atoms with van der Waals surface area (Å²) in [5.74, 6) is 0.609. The first-order valence-electron chi connectivity index (χ1n) is 9.99. The lowest BCUT2D eigenvalue weighted by molar-refractivity contribution is -0.384. The molecular formula is C22H19F3N4O4. The van der Waals surface area contributed by atoms with Crippen LogP contribution in [-0.2, 0) is 25.7 Å². The highest BCUT2D eigenvalue weighted by Crippen LogP contribution is 2.31. The van der Waals surface area contributed by atoms with Gasteiger partial charge in [-0.1, -0.05) is 12.1 Å². The van der Waals surface area contributed by atoms with E-state index in [2.05, 4.69) is 9.97 Å². The minimum absolute atomic E-state index is 0.0731. The molecule has 11 heteroatoms. The number of rotatable bonds is 5. The lowest BCUT2D eigenvalue weighted by atomic mass is 10.0. The third-order valence-electron chi connectivity index (χ3n) is 5.51. The van der Waals surface area contributed by atoms with Gasteiger partial charge < -0.3 is 9.72 Å². The van der Waals surface area contributed by atoms with Crippen molar-refractivity contribution in [1.29, 1.82) is 0 Å². The van der Waals surface area contributed by atoms with Gasteiger partial charge in [-0.05, 0) is 18.2 Å². The zero-order chi connectivity index (χ0) is 23.8. The third-order valence-corrected chi connectivity index (χ3v) is 5.51. The Labute approximate surface area is 185 Å². The SMILES string of the molecule is COc1cc([N+](=O)[O-])ccc1CN1CCc2nc(-c3ccc(C(F)(F)F)cc3)[nH]c(=O)c2C1. The Balaban J connectivity index is 1.55. The standard InChI is InChI=1S/C22H19F3N4O4/c1-33-19-10-16(29(31)32)7-4-14(19)11-28-9-8-18-17(12-28)21(30)27-20(26-18)13-2-5-15(6-3-13)22(23,24)25/h2-7,10H,8-9,11-12H2,1H3,(H,26,27,30). The predicted molar refractivity (Wildman–Crippen MR) is 113 cm³/mol. The number of hydrogen-bond acceptors (Lipinski definition) is 6. The minimum Gasteiger partial charge on any atom is -0.496 e. The molecule has 0 aliphatic carbocycles. The van der Waals surface area contributed by atoms with Gasteiger partial charge in [0.1, 0.15) is 11.6 Å². The first-order chi connectivity index (χ1) is 15.7. The van der Waals surface area contributed by atoms with Crippen LogP contribution in [0.3, 0.4) is 0 Å². The molecule has 2 aromatic carbocycles. The molecule has 0 atom stereocenters. The second-order valence-electron chi connectivity index (χ2n) is 7.63. The highest BCUT2D eigenvalue weighted by Gasteiger charge is 2.30. The highest BCUT2D eigenvalue weighted by atomic mass is 19.4. The molecule has 0 unspecified atom stereocenters. The maximum absolute atomic E-state index is 12.8. The Hall–Kier alpha value is -3.73. The molecule has 8 nitrogen and oxygen atoms in total. The number of aromatic nitrogens is 2. The number of halogens is 3. The number of nitrogens with zero attached hydrogens (tertiary/aromatic N) is 3. The largest absolute Gasteiger partial charge is 0.496 e. The van der Waals surface area contributed by atoms with Crippen LogP contribution in [0.15, 0.2) is 47.3 Å². The van der Waals surface area contributed by atoms with E-state index in [0.717, 1.165) is 17.7 Å². The molecule has 0 saturated heterocycles. The average molecular weight is 460 g/mol. The molecule has 3 aromatic rings. The van der Waals surface area contributed by atoms with Gasteiger partial charge in [0, 0.05) is 43.2 Å². The molecule has 1 aliphatic heterocycles. The normalized spacial score (nSPS) is 14.1. The van der Waals surface area contributed by atoms with E-state index in [1.807, 2.05) is 4.90 Å². The van der Waals surface area contributed by atoms with E-state index in [4.69, 9.17) is 4.74 Å². The van der Waals surface area contributed by atoms with Crippen molar-refractivity contribution in [2.75, 3.05) is 13.7 Å². The van der Waals surface area contributed by atoms with Crippen LogP contribution < -0.4 is 10.3 Å². The fourth-order valence-electron chi connectivity index (χ4n) is 3.79. The predicted octanol–water partition coefficient (Wildman–Crippen LogP) is 3.93. The fourth-order valence-corrected chi connectivity index (χ4v) is 3.79. The number of nitro groups is 1. The summed E-state index contributed by atoms with van der Waals surface area (Å²) in [4.78, 5) is 32.3. The highest BCUT2D eigenvalue weighted by molar-refractivity contribution is 5.56. The first-order valence-corrected chi connectivity index (χ1v) is 9.99. The topological polar surface area (TPSA) is 101 Å². The quantitative estimate of drug-likeness (QED) is 0.457. The lowest BCUT2D eigenvalue weighted by Gasteiger charge is -2.28. The van der Waals surface area contributed by atoms with Crippen LogP contribution in [0.2, 0.25) is 0 Å². The number of methoxy groups -OCH3 is 1. The van der Waals surface area contributed by atoms with Crippen LogP contribution in [0.1, 0.15) is 22.4 Å². The number of ether oxygens (including phenoxy) is 1. The maximum atomic E-state index is 12.8. The third kappa shape index (κ3) is 4.72. The molecule has 0 fully saturated rings. The smallest absolute Gasteiger partial charge is 0.416 e. The number of H-pyrrole nitrogens is 1. The summed E-state index contributed by atoms with van der Waals surface area (Å²) in [5.41, 5.74) is 1.02. The van der Waals surface area contributed by atoms with E-state index in [1.165, 1.54) is 31.4 Å². The van der Waals surface area contributed by atoms with Gasteiger partial charge >= 0.3 is 6.18 Å². The monoisotopic (exact) mass is 460 g/mol. The van der Waals surface area contributed by atoms with Crippen molar-refractivity contribution in [2.24, 2.45) is 0 Å². The molecule has 172 valence electrons. The van der Waals surface area contributed by atoms with Gasteiger partial charge in [0.05, 0.1) is 34.9 Å². The number of alkyl halides is 3. The summed E-state index contributed by atoms with van der Waals surface area (Å²) >= 11 is 0. The van der Waals surface area contributed by atoms with Crippen molar-refractivity contribution in [3.05, 3.63) is 85.3 Å². The van der Waals surface area contributed by atoms with Crippen LogP contribution in [0.5, 0.6) is 5.75 Å². The zero-order valence-corrected chi connectivity index (χ0v) is 17.5. The van der Waals surface area contributed by atoms with Crippen molar-refractivity contribution >= 4 is 5.69 Å². The van der Waals surface area contributed by atoms with Gasteiger partial charge in [-0.3, -0.25) is 19.8 Å². The van der Waals surface area contributed by atoms with E-state index in [9.17, 15) is 28.1 Å². The Kier molecular flexibility index (Phi) is 5.90. The Morgan fingerprint density at radius 2 is 1.94 bits per heavy atom. The Morgan fingerprint density at radius 1 is 1.21 bits per heavy atom. The summed E-state index contributed by atoms with van der Waals surface area (Å²) in [6.45, 7) is 1.31. The van der Waals surface area contributed by atoms with Gasteiger partial charge in [-0.15, -0.1) is 0 Å². The molecule has 0 radical (unpaired) electrons. The first kappa shape index (κ1) is 22.5. The van der Waals surface area contributed by atoms with Gasteiger partial charge in [0.15, 0.2) is 0 Å². The van der Waals surface area contributed by atoms with Crippen LogP contribution in [0.4, 0.5) is 18.9 Å². The molecular weight excluding hydrogens is 441 g/mol. The van der Waals surface area contributed by atoms with Crippen LogP contribution >= 0.6 is 0 Å². The molecule has 0 saturated carbocycles. The van der Waals surface area contributed by atoms with Crippen molar-refractivity contribution < 1.29 is 22.8 Å². The van der Waals surface area contributed by atoms with Crippen LogP contribution in [-0.4, -0.2) is 33.4 Å². The number of nitrogens with one attached hydrogen (secondary N) is 1. The second-order valence-corrected chi connectivity index (χ2v) is 7.63. The van der Waals surface area contributed by atoms with Gasteiger partial charge in [-0.25, -0.2) is 4.98 Å². The number of hydrogen-bond donors (Lipinski definition) is 1. The zero-order valence-electron chi connectivity index (χ0n) is 17.5. The van der Waals surface area contributed by atoms with Crippen LogP contribution in [0.25, 0.3) is 11.4 Å². The molecule has 0 amide bonds. The maximum Gasteiger partial charge on any atom is 0.416 e. The number of fused-ring (bicyclic) bond motifs is 1. The molecule has 0 spiro atoms. The van der Waals surface area contributed by atoms with E-state index < -0.39 is 16.7 Å². The van der Waals surface area contributed by atoms with Crippen molar-refractivity contribution in [3.8, 4) is 17.1 Å². The van der Waals surface area contributed by atoms with E-state index >= 15 is 0 Å². The van der Waals surface area contributed by atoms with Crippen molar-refractivity contribution in [3.63, 3.8) is 0 Å². The molecule has 2 heterocycles. The summed E-state index contributed by atoms with van der Waals surface area (Å²) in [6, 6.07) is 8.86. The molecule has 4 rings (SSSR count). The molecule has 33 heavy (non-hydrogen) atoms. The number of non-ortho nitro benzene ring substituents is 1. The van der Waals surface area contributed by atoms with Gasteiger partial charge in [0.2, 0.25) is 0 Å². The lowest BCUT2D eigenvalue weighted by Crippen LogP contribution is -2.35. The number of nitro benzene ring substituents is 1. The Bertz CT molecular complexity index is 1260. The molecule has 1 aromatic heterocycles. The van der Waals surface area contributed by atoms with E-state index in [-0.39, 0.29) is 17.1 Å². The van der Waals surface area contributed by atoms with Crippen molar-refractivity contribution in [1.82, 2.24) is 14.9 Å². The summed E-state index contributed by atoms with van der Waals surface area (Å²) in [7, 11) is 1.44. The van der Waals surface area contributed by atoms with E-state index in [0.29, 0.717) is 48.6 Å². The molecule has 0 bridgehead atoms. The van der Waals surface area contributed by atoms with Gasteiger partial charge in [0.25, 0.3) is 11.2 Å².